The van der Waals surface area contributed by atoms with Crippen LogP contribution in [-0.2, 0) is 11.2 Å². The summed E-state index contributed by atoms with van der Waals surface area (Å²) >= 11 is 0. The Kier molecular flexibility index (Phi) is 8.68. The molecule has 8 heteroatoms. The zero-order chi connectivity index (χ0) is 25.2. The van der Waals surface area contributed by atoms with Crippen LogP contribution in [0.15, 0.2) is 65.2 Å². The van der Waals surface area contributed by atoms with Crippen LogP contribution in [0.25, 0.3) is 6.08 Å². The lowest BCUT2D eigenvalue weighted by Gasteiger charge is -2.16. The largest absolute Gasteiger partial charge is 0.493 e. The maximum atomic E-state index is 12.5. The third-order valence-corrected chi connectivity index (χ3v) is 4.90. The van der Waals surface area contributed by atoms with Crippen molar-refractivity contribution in [3.8, 4) is 23.3 Å². The Bertz CT molecular complexity index is 1250. The van der Waals surface area contributed by atoms with Gasteiger partial charge in [-0.05, 0) is 56.2 Å². The van der Waals surface area contributed by atoms with E-state index in [2.05, 4.69) is 17.1 Å². The SMILES string of the molecule is C=CCc1cc(C=C(C#N)C(=O)Nc2cc(C)on2)cc(OC)c1OCCOc1ccc(C)cc1. The molecule has 0 aliphatic rings. The van der Waals surface area contributed by atoms with E-state index in [4.69, 9.17) is 18.7 Å². The van der Waals surface area contributed by atoms with Crippen molar-refractivity contribution in [1.29, 1.82) is 5.26 Å². The molecule has 0 aliphatic heterocycles. The van der Waals surface area contributed by atoms with Gasteiger partial charge in [-0.1, -0.05) is 28.9 Å². The van der Waals surface area contributed by atoms with Gasteiger partial charge >= 0.3 is 0 Å². The summed E-state index contributed by atoms with van der Waals surface area (Å²) < 4.78 is 22.2. The van der Waals surface area contributed by atoms with Crippen LogP contribution in [0.5, 0.6) is 17.2 Å². The molecule has 1 aromatic heterocycles. The molecule has 0 bridgehead atoms. The monoisotopic (exact) mass is 473 g/mol. The van der Waals surface area contributed by atoms with Crippen LogP contribution >= 0.6 is 0 Å². The first-order valence-corrected chi connectivity index (χ1v) is 10.9. The van der Waals surface area contributed by atoms with Crippen LogP contribution in [-0.4, -0.2) is 31.4 Å². The molecule has 0 fully saturated rings. The second-order valence-corrected chi connectivity index (χ2v) is 7.66. The second kappa shape index (κ2) is 12.1. The van der Waals surface area contributed by atoms with Gasteiger partial charge in [-0.2, -0.15) is 5.26 Å². The predicted octanol–water partition coefficient (Wildman–Crippen LogP) is 5.03. The standard InChI is InChI=1S/C27H27N3O5/c1-5-6-21-14-20(15-22(17-28)27(31)29-25-13-19(3)35-30-25)16-24(32-4)26(21)34-12-11-33-23-9-7-18(2)8-10-23/h5,7-10,13-16H,1,6,11-12H2,2-4H3,(H,29,30,31). The summed E-state index contributed by atoms with van der Waals surface area (Å²) in [5, 5.41) is 15.8. The predicted molar refractivity (Wildman–Crippen MR) is 133 cm³/mol. The highest BCUT2D eigenvalue weighted by atomic mass is 16.5. The minimum absolute atomic E-state index is 0.0996. The molecule has 0 atom stereocenters. The highest BCUT2D eigenvalue weighted by Gasteiger charge is 2.16. The maximum absolute atomic E-state index is 12.5. The Labute approximate surface area is 204 Å². The van der Waals surface area contributed by atoms with E-state index in [1.54, 1.807) is 25.1 Å². The number of hydrogen-bond donors (Lipinski definition) is 1. The number of aryl methyl sites for hydroxylation is 2. The number of nitrogens with zero attached hydrogens (tertiary/aromatic N) is 2. The number of methoxy groups -OCH3 is 1. The first-order valence-electron chi connectivity index (χ1n) is 10.9. The molecule has 3 aromatic rings. The third kappa shape index (κ3) is 6.98. The van der Waals surface area contributed by atoms with Gasteiger partial charge < -0.3 is 24.1 Å². The number of ether oxygens (including phenoxy) is 3. The van der Waals surface area contributed by atoms with Crippen LogP contribution in [0, 0.1) is 25.2 Å². The molecule has 8 nitrogen and oxygen atoms in total. The molecule has 3 rings (SSSR count). The number of hydrogen-bond acceptors (Lipinski definition) is 7. The summed E-state index contributed by atoms with van der Waals surface area (Å²) in [6.07, 6.45) is 3.71. The lowest BCUT2D eigenvalue weighted by Crippen LogP contribution is -2.13. The molecule has 1 heterocycles. The molecule has 0 radical (unpaired) electrons. The molecule has 35 heavy (non-hydrogen) atoms. The number of anilines is 1. The quantitative estimate of drug-likeness (QED) is 0.180. The van der Waals surface area contributed by atoms with Gasteiger partial charge in [0.25, 0.3) is 5.91 Å². The zero-order valence-corrected chi connectivity index (χ0v) is 20.0. The summed E-state index contributed by atoms with van der Waals surface area (Å²) in [5.74, 6) is 1.96. The van der Waals surface area contributed by atoms with Crippen molar-refractivity contribution in [2.75, 3.05) is 25.6 Å². The van der Waals surface area contributed by atoms with Crippen molar-refractivity contribution in [3.63, 3.8) is 0 Å². The Hall–Kier alpha value is -4.51. The Morgan fingerprint density at radius 2 is 1.91 bits per heavy atom. The number of nitriles is 1. The van der Waals surface area contributed by atoms with Crippen LogP contribution in [0.1, 0.15) is 22.5 Å². The van der Waals surface area contributed by atoms with Crippen LogP contribution in [0.4, 0.5) is 5.82 Å². The molecule has 2 aromatic carbocycles. The van der Waals surface area contributed by atoms with Crippen molar-refractivity contribution in [2.45, 2.75) is 20.3 Å². The van der Waals surface area contributed by atoms with Gasteiger partial charge in [0.2, 0.25) is 0 Å². The van der Waals surface area contributed by atoms with E-state index in [9.17, 15) is 10.1 Å². The molecule has 1 N–H and O–H groups in total. The van der Waals surface area contributed by atoms with Crippen LogP contribution in [0.2, 0.25) is 0 Å². The zero-order valence-electron chi connectivity index (χ0n) is 20.0. The molecule has 0 aliphatic carbocycles. The van der Waals surface area contributed by atoms with Crippen molar-refractivity contribution in [2.24, 2.45) is 0 Å². The second-order valence-electron chi connectivity index (χ2n) is 7.66. The number of aromatic nitrogens is 1. The summed E-state index contributed by atoms with van der Waals surface area (Å²) in [5.41, 5.74) is 2.46. The number of carbonyl (C=O) groups is 1. The van der Waals surface area contributed by atoms with Crippen LogP contribution in [0.3, 0.4) is 0 Å². The molecular formula is C27H27N3O5. The van der Waals surface area contributed by atoms with Crippen LogP contribution < -0.4 is 19.5 Å². The van der Waals surface area contributed by atoms with Gasteiger partial charge in [0.15, 0.2) is 17.3 Å². The van der Waals surface area contributed by atoms with Gasteiger partial charge in [0.05, 0.1) is 7.11 Å². The Balaban J connectivity index is 1.76. The van der Waals surface area contributed by atoms with E-state index < -0.39 is 5.91 Å². The third-order valence-electron chi connectivity index (χ3n) is 4.90. The van der Waals surface area contributed by atoms with Crippen molar-refractivity contribution < 1.29 is 23.5 Å². The molecule has 180 valence electrons. The number of carbonyl (C=O) groups excluding carboxylic acids is 1. The van der Waals surface area contributed by atoms with E-state index in [0.717, 1.165) is 16.9 Å². The lowest BCUT2D eigenvalue weighted by atomic mass is 10.0. The normalized spacial score (nSPS) is 10.9. The Morgan fingerprint density at radius 1 is 1.17 bits per heavy atom. The lowest BCUT2D eigenvalue weighted by molar-refractivity contribution is -0.112. The van der Waals surface area contributed by atoms with E-state index in [-0.39, 0.29) is 11.4 Å². The van der Waals surface area contributed by atoms with Crippen molar-refractivity contribution >= 4 is 17.8 Å². The van der Waals surface area contributed by atoms with E-state index in [0.29, 0.717) is 42.5 Å². The van der Waals surface area contributed by atoms with Gasteiger partial charge in [-0.15, -0.1) is 6.58 Å². The van der Waals surface area contributed by atoms with E-state index in [1.165, 1.54) is 13.2 Å². The summed E-state index contributed by atoms with van der Waals surface area (Å²) in [7, 11) is 1.53. The number of nitrogens with one attached hydrogen (secondary N) is 1. The van der Waals surface area contributed by atoms with E-state index >= 15 is 0 Å². The van der Waals surface area contributed by atoms with E-state index in [1.807, 2.05) is 43.3 Å². The van der Waals surface area contributed by atoms with Gasteiger partial charge in [0.1, 0.15) is 36.4 Å². The van der Waals surface area contributed by atoms with Crippen molar-refractivity contribution in [3.05, 3.63) is 83.1 Å². The summed E-state index contributed by atoms with van der Waals surface area (Å²) in [6, 6.07) is 14.8. The van der Waals surface area contributed by atoms with Gasteiger partial charge in [-0.25, -0.2) is 0 Å². The molecule has 0 unspecified atom stereocenters. The highest BCUT2D eigenvalue weighted by Crippen LogP contribution is 2.34. The fourth-order valence-corrected chi connectivity index (χ4v) is 3.25. The minimum atomic E-state index is -0.599. The van der Waals surface area contributed by atoms with Crippen molar-refractivity contribution in [1.82, 2.24) is 5.16 Å². The molecule has 0 saturated heterocycles. The summed E-state index contributed by atoms with van der Waals surface area (Å²) in [4.78, 5) is 12.5. The molecular weight excluding hydrogens is 446 g/mol. The topological polar surface area (TPSA) is 107 Å². The van der Waals surface area contributed by atoms with Gasteiger partial charge in [-0.3, -0.25) is 4.79 Å². The first-order chi connectivity index (χ1) is 16.9. The average molecular weight is 474 g/mol. The van der Waals surface area contributed by atoms with Gasteiger partial charge in [0, 0.05) is 11.6 Å². The number of allylic oxidation sites excluding steroid dienone is 1. The number of benzene rings is 2. The smallest absolute Gasteiger partial charge is 0.267 e. The maximum Gasteiger partial charge on any atom is 0.267 e. The number of amides is 1. The number of rotatable bonds is 11. The Morgan fingerprint density at radius 3 is 2.54 bits per heavy atom. The first kappa shape index (κ1) is 25.1. The fraction of sp³-hybridized carbons (Fsp3) is 0.222. The molecule has 0 spiro atoms. The molecule has 1 amide bonds. The fourth-order valence-electron chi connectivity index (χ4n) is 3.25. The highest BCUT2D eigenvalue weighted by molar-refractivity contribution is 6.09. The average Bonchev–Trinajstić information content (AvgIpc) is 3.26. The minimum Gasteiger partial charge on any atom is -0.493 e. The summed E-state index contributed by atoms with van der Waals surface area (Å²) in [6.45, 7) is 8.18. The molecule has 0 saturated carbocycles.